The summed E-state index contributed by atoms with van der Waals surface area (Å²) in [5.74, 6) is 0. The number of rotatable bonds is 6. The summed E-state index contributed by atoms with van der Waals surface area (Å²) >= 11 is 0. The Morgan fingerprint density at radius 1 is 1.60 bits per heavy atom. The molecule has 82 valence electrons. The Hall–Kier alpha value is -1.35. The molecule has 0 bridgehead atoms. The van der Waals surface area contributed by atoms with E-state index in [9.17, 15) is 0 Å². The molecule has 1 rings (SSSR count). The second-order valence-electron chi connectivity index (χ2n) is 3.36. The SMILES string of the molecule is C=CCN(CC)c1ccnc(CNC)c1. The molecule has 15 heavy (non-hydrogen) atoms. The summed E-state index contributed by atoms with van der Waals surface area (Å²) in [6, 6.07) is 4.15. The molecular weight excluding hydrogens is 186 g/mol. The molecule has 1 N–H and O–H groups in total. The van der Waals surface area contributed by atoms with Crippen LogP contribution in [0.15, 0.2) is 31.0 Å². The van der Waals surface area contributed by atoms with Crippen LogP contribution in [0.3, 0.4) is 0 Å². The van der Waals surface area contributed by atoms with Crippen LogP contribution in [0.5, 0.6) is 0 Å². The zero-order valence-corrected chi connectivity index (χ0v) is 9.53. The van der Waals surface area contributed by atoms with E-state index in [2.05, 4.69) is 34.8 Å². The standard InChI is InChI=1S/C12H19N3/c1-4-8-15(5-2)12-6-7-14-11(9-12)10-13-3/h4,6-7,9,13H,1,5,8,10H2,2-3H3. The van der Waals surface area contributed by atoms with Crippen LogP contribution >= 0.6 is 0 Å². The van der Waals surface area contributed by atoms with Gasteiger partial charge in [-0.2, -0.15) is 0 Å². The van der Waals surface area contributed by atoms with Gasteiger partial charge < -0.3 is 10.2 Å². The summed E-state index contributed by atoms with van der Waals surface area (Å²) in [5, 5.41) is 3.10. The molecule has 1 aromatic heterocycles. The molecule has 0 aliphatic rings. The van der Waals surface area contributed by atoms with Crippen LogP contribution in [0, 0.1) is 0 Å². The third-order valence-electron chi connectivity index (χ3n) is 2.25. The quantitative estimate of drug-likeness (QED) is 0.718. The van der Waals surface area contributed by atoms with Crippen molar-refractivity contribution in [1.82, 2.24) is 10.3 Å². The van der Waals surface area contributed by atoms with Crippen molar-refractivity contribution in [3.63, 3.8) is 0 Å². The van der Waals surface area contributed by atoms with Gasteiger partial charge in [-0.25, -0.2) is 0 Å². The first kappa shape index (κ1) is 11.7. The fourth-order valence-electron chi connectivity index (χ4n) is 1.51. The van der Waals surface area contributed by atoms with Gasteiger partial charge >= 0.3 is 0 Å². The molecule has 3 heteroatoms. The zero-order valence-electron chi connectivity index (χ0n) is 9.53. The maximum absolute atomic E-state index is 4.29. The molecule has 0 saturated heterocycles. The lowest BCUT2D eigenvalue weighted by atomic mass is 10.3. The van der Waals surface area contributed by atoms with Gasteiger partial charge in [0.15, 0.2) is 0 Å². The molecule has 0 radical (unpaired) electrons. The van der Waals surface area contributed by atoms with E-state index in [1.165, 1.54) is 5.69 Å². The maximum atomic E-state index is 4.29. The van der Waals surface area contributed by atoms with Gasteiger partial charge in [-0.05, 0) is 26.1 Å². The van der Waals surface area contributed by atoms with Crippen molar-refractivity contribution in [2.45, 2.75) is 13.5 Å². The highest BCUT2D eigenvalue weighted by molar-refractivity contribution is 5.46. The molecule has 0 amide bonds. The molecule has 1 heterocycles. The van der Waals surface area contributed by atoms with Gasteiger partial charge in [-0.1, -0.05) is 6.08 Å². The minimum absolute atomic E-state index is 0.805. The topological polar surface area (TPSA) is 28.2 Å². The number of likely N-dealkylation sites (N-methyl/N-ethyl adjacent to an activating group) is 1. The van der Waals surface area contributed by atoms with Gasteiger partial charge in [0.25, 0.3) is 0 Å². The molecule has 0 unspecified atom stereocenters. The zero-order chi connectivity index (χ0) is 11.1. The third kappa shape index (κ3) is 3.36. The lowest BCUT2D eigenvalue weighted by Crippen LogP contribution is -2.22. The smallest absolute Gasteiger partial charge is 0.0562 e. The number of hydrogen-bond donors (Lipinski definition) is 1. The van der Waals surface area contributed by atoms with Crippen LogP contribution in [0.25, 0.3) is 0 Å². The van der Waals surface area contributed by atoms with E-state index >= 15 is 0 Å². The number of hydrogen-bond acceptors (Lipinski definition) is 3. The first-order valence-electron chi connectivity index (χ1n) is 5.27. The number of nitrogens with one attached hydrogen (secondary N) is 1. The van der Waals surface area contributed by atoms with E-state index in [0.717, 1.165) is 25.3 Å². The predicted molar refractivity (Wildman–Crippen MR) is 65.1 cm³/mol. The Morgan fingerprint density at radius 3 is 3.00 bits per heavy atom. The van der Waals surface area contributed by atoms with Crippen molar-refractivity contribution < 1.29 is 0 Å². The van der Waals surface area contributed by atoms with Crippen LogP contribution in [0.2, 0.25) is 0 Å². The molecule has 0 spiro atoms. The molecule has 3 nitrogen and oxygen atoms in total. The van der Waals surface area contributed by atoms with Crippen molar-refractivity contribution in [2.24, 2.45) is 0 Å². The molecular formula is C12H19N3. The first-order chi connectivity index (χ1) is 7.31. The molecule has 0 aromatic carbocycles. The number of aromatic nitrogens is 1. The van der Waals surface area contributed by atoms with Gasteiger partial charge in [0.05, 0.1) is 5.69 Å². The minimum Gasteiger partial charge on any atom is -0.368 e. The highest BCUT2D eigenvalue weighted by Crippen LogP contribution is 2.14. The van der Waals surface area contributed by atoms with E-state index in [1.54, 1.807) is 0 Å². The largest absolute Gasteiger partial charge is 0.368 e. The maximum Gasteiger partial charge on any atom is 0.0562 e. The Bertz CT molecular complexity index is 309. The molecule has 0 aliphatic heterocycles. The molecule has 0 atom stereocenters. The normalized spacial score (nSPS) is 10.0. The second-order valence-corrected chi connectivity index (χ2v) is 3.36. The molecule has 0 fully saturated rings. The van der Waals surface area contributed by atoms with E-state index < -0.39 is 0 Å². The average Bonchev–Trinajstić information content (AvgIpc) is 2.27. The summed E-state index contributed by atoms with van der Waals surface area (Å²) in [4.78, 5) is 6.55. The van der Waals surface area contributed by atoms with Crippen molar-refractivity contribution in [3.8, 4) is 0 Å². The van der Waals surface area contributed by atoms with Crippen LogP contribution in [0.4, 0.5) is 5.69 Å². The van der Waals surface area contributed by atoms with Crippen LogP contribution in [0.1, 0.15) is 12.6 Å². The van der Waals surface area contributed by atoms with Gasteiger partial charge in [0, 0.05) is 31.5 Å². The van der Waals surface area contributed by atoms with Crippen LogP contribution < -0.4 is 10.2 Å². The summed E-state index contributed by atoms with van der Waals surface area (Å²) in [6.07, 6.45) is 3.77. The van der Waals surface area contributed by atoms with Gasteiger partial charge in [-0.15, -0.1) is 6.58 Å². The van der Waals surface area contributed by atoms with Crippen molar-refractivity contribution in [2.75, 3.05) is 25.0 Å². The summed E-state index contributed by atoms with van der Waals surface area (Å²) in [5.41, 5.74) is 2.27. The van der Waals surface area contributed by atoms with E-state index in [-0.39, 0.29) is 0 Å². The Labute approximate surface area is 91.8 Å². The van der Waals surface area contributed by atoms with Gasteiger partial charge in [0.2, 0.25) is 0 Å². The van der Waals surface area contributed by atoms with Crippen LogP contribution in [-0.4, -0.2) is 25.1 Å². The average molecular weight is 205 g/mol. The Balaban J connectivity index is 2.81. The minimum atomic E-state index is 0.805. The number of nitrogens with zero attached hydrogens (tertiary/aromatic N) is 2. The fraction of sp³-hybridized carbons (Fsp3) is 0.417. The lowest BCUT2D eigenvalue weighted by molar-refractivity contribution is 0.788. The Morgan fingerprint density at radius 2 is 2.40 bits per heavy atom. The summed E-state index contributed by atoms with van der Waals surface area (Å²) in [7, 11) is 1.93. The first-order valence-corrected chi connectivity index (χ1v) is 5.27. The van der Waals surface area contributed by atoms with Crippen LogP contribution in [-0.2, 0) is 6.54 Å². The highest BCUT2D eigenvalue weighted by atomic mass is 15.1. The third-order valence-corrected chi connectivity index (χ3v) is 2.25. The van der Waals surface area contributed by atoms with Gasteiger partial charge in [0.1, 0.15) is 0 Å². The highest BCUT2D eigenvalue weighted by Gasteiger charge is 2.03. The second kappa shape index (κ2) is 6.19. The van der Waals surface area contributed by atoms with Gasteiger partial charge in [-0.3, -0.25) is 4.98 Å². The van der Waals surface area contributed by atoms with Crippen molar-refractivity contribution in [1.29, 1.82) is 0 Å². The van der Waals surface area contributed by atoms with E-state index in [1.807, 2.05) is 25.4 Å². The molecule has 1 aromatic rings. The monoisotopic (exact) mass is 205 g/mol. The number of pyridine rings is 1. The van der Waals surface area contributed by atoms with Crippen molar-refractivity contribution >= 4 is 5.69 Å². The molecule has 0 aliphatic carbocycles. The summed E-state index contributed by atoms with van der Waals surface area (Å²) in [6.45, 7) is 8.56. The van der Waals surface area contributed by atoms with Crippen molar-refractivity contribution in [3.05, 3.63) is 36.7 Å². The van der Waals surface area contributed by atoms with E-state index in [0.29, 0.717) is 0 Å². The lowest BCUT2D eigenvalue weighted by Gasteiger charge is -2.21. The van der Waals surface area contributed by atoms with E-state index in [4.69, 9.17) is 0 Å². The fourth-order valence-corrected chi connectivity index (χ4v) is 1.51. The number of anilines is 1. The Kier molecular flexibility index (Phi) is 4.84. The molecule has 0 saturated carbocycles. The predicted octanol–water partition coefficient (Wildman–Crippen LogP) is 1.81. The summed E-state index contributed by atoms with van der Waals surface area (Å²) < 4.78 is 0.